The van der Waals surface area contributed by atoms with Gasteiger partial charge in [0.15, 0.2) is 23.4 Å². The Bertz CT molecular complexity index is 1510. The number of rotatable bonds is 5. The lowest BCUT2D eigenvalue weighted by Gasteiger charge is -2.26. The summed E-state index contributed by atoms with van der Waals surface area (Å²) < 4.78 is 77.9. The molecule has 0 fully saturated rings. The van der Waals surface area contributed by atoms with E-state index in [-0.39, 0.29) is 6.10 Å². The van der Waals surface area contributed by atoms with Gasteiger partial charge in [0, 0.05) is 24.8 Å². The lowest BCUT2D eigenvalue weighted by Crippen LogP contribution is -2.26. The number of benzene rings is 2. The molecule has 1 atom stereocenters. The standard InChI is InChI=1S/C22H23N5O2.2C2HF3O2/c1-26(2)9-10-27-18-11-15(16-12-23-24-13-16)7-8-17(18)25-22(27)21-14-28-19-5-3-4-6-20(19)29-21;2*3-2(4,5)1(6)7/h3-8,11-13,21H,9-10,14H2,1-2H3,(H,23,24);2*(H,6,7)/t21-;;/m0../s1. The lowest BCUT2D eigenvalue weighted by atomic mass is 10.1. The average molecular weight is 618 g/mol. The number of carbonyl (C=O) groups is 2. The molecule has 0 saturated carbocycles. The number of hydrogen-bond donors (Lipinski definition) is 3. The largest absolute Gasteiger partial charge is 0.490 e. The summed E-state index contributed by atoms with van der Waals surface area (Å²) in [4.78, 5) is 24.9. The molecule has 4 aromatic rings. The molecule has 17 heteroatoms. The summed E-state index contributed by atoms with van der Waals surface area (Å²) in [7, 11) is 4.15. The van der Waals surface area contributed by atoms with Crippen LogP contribution in [0.5, 0.6) is 11.5 Å². The van der Waals surface area contributed by atoms with Gasteiger partial charge in [0.05, 0.1) is 17.2 Å². The predicted molar refractivity (Wildman–Crippen MR) is 139 cm³/mol. The van der Waals surface area contributed by atoms with E-state index in [9.17, 15) is 26.3 Å². The van der Waals surface area contributed by atoms with Crippen LogP contribution >= 0.6 is 0 Å². The third kappa shape index (κ3) is 8.84. The van der Waals surface area contributed by atoms with Gasteiger partial charge < -0.3 is 29.2 Å². The molecule has 3 N–H and O–H groups in total. The molecule has 0 amide bonds. The number of likely N-dealkylation sites (N-methyl/N-ethyl adjacent to an activating group) is 1. The second-order valence-corrected chi connectivity index (χ2v) is 9.09. The van der Waals surface area contributed by atoms with E-state index in [1.165, 1.54) is 0 Å². The van der Waals surface area contributed by atoms with Crippen molar-refractivity contribution in [2.24, 2.45) is 0 Å². The van der Waals surface area contributed by atoms with E-state index < -0.39 is 24.3 Å². The maximum atomic E-state index is 10.6. The lowest BCUT2D eigenvalue weighted by molar-refractivity contribution is -0.193. The molecule has 0 spiro atoms. The molecular formula is C26H25F6N5O6. The molecule has 232 valence electrons. The van der Waals surface area contributed by atoms with Gasteiger partial charge in [-0.05, 0) is 43.9 Å². The van der Waals surface area contributed by atoms with Crippen LogP contribution in [-0.4, -0.2) is 86.4 Å². The number of aliphatic carboxylic acids is 2. The minimum Gasteiger partial charge on any atom is -0.485 e. The van der Waals surface area contributed by atoms with E-state index in [4.69, 9.17) is 34.3 Å². The highest BCUT2D eigenvalue weighted by molar-refractivity contribution is 5.82. The Balaban J connectivity index is 0.000000303. The molecule has 0 unspecified atom stereocenters. The number of hydrogen-bond acceptors (Lipinski definition) is 7. The van der Waals surface area contributed by atoms with Crippen molar-refractivity contribution in [2.45, 2.75) is 25.0 Å². The summed E-state index contributed by atoms with van der Waals surface area (Å²) in [5, 5.41) is 21.2. The third-order valence-electron chi connectivity index (χ3n) is 5.66. The van der Waals surface area contributed by atoms with E-state index in [0.717, 1.165) is 52.6 Å². The van der Waals surface area contributed by atoms with Gasteiger partial charge in [-0.1, -0.05) is 18.2 Å². The summed E-state index contributed by atoms with van der Waals surface area (Å²) in [5.74, 6) is -3.09. The van der Waals surface area contributed by atoms with Crippen molar-refractivity contribution in [3.63, 3.8) is 0 Å². The first-order valence-corrected chi connectivity index (χ1v) is 12.2. The number of ether oxygens (including phenoxy) is 2. The Kier molecular flexibility index (Phi) is 10.2. The highest BCUT2D eigenvalue weighted by Gasteiger charge is 2.39. The summed E-state index contributed by atoms with van der Waals surface area (Å²) in [5.41, 5.74) is 4.20. The molecule has 43 heavy (non-hydrogen) atoms. The number of imidazole rings is 1. The van der Waals surface area contributed by atoms with Crippen molar-refractivity contribution in [1.82, 2.24) is 24.6 Å². The van der Waals surface area contributed by atoms with E-state index in [2.05, 4.69) is 52.0 Å². The molecule has 5 rings (SSSR count). The number of para-hydroxylation sites is 2. The second-order valence-electron chi connectivity index (χ2n) is 9.09. The van der Waals surface area contributed by atoms with Crippen molar-refractivity contribution in [2.75, 3.05) is 27.2 Å². The topological polar surface area (TPSA) is 143 Å². The first-order valence-electron chi connectivity index (χ1n) is 12.2. The van der Waals surface area contributed by atoms with Crippen molar-refractivity contribution < 1.29 is 55.6 Å². The highest BCUT2D eigenvalue weighted by atomic mass is 19.4. The van der Waals surface area contributed by atoms with Crippen molar-refractivity contribution >= 4 is 23.0 Å². The number of aromatic nitrogens is 4. The molecule has 3 heterocycles. The average Bonchev–Trinajstić information content (AvgIpc) is 3.59. The predicted octanol–water partition coefficient (Wildman–Crippen LogP) is 4.77. The Hall–Kier alpha value is -4.80. The fourth-order valence-electron chi connectivity index (χ4n) is 3.66. The fourth-order valence-corrected chi connectivity index (χ4v) is 3.66. The number of aromatic amines is 1. The number of halogens is 6. The molecule has 2 aromatic heterocycles. The molecule has 11 nitrogen and oxygen atoms in total. The monoisotopic (exact) mass is 617 g/mol. The van der Waals surface area contributed by atoms with Crippen LogP contribution in [-0.2, 0) is 16.1 Å². The van der Waals surface area contributed by atoms with E-state index >= 15 is 0 Å². The van der Waals surface area contributed by atoms with E-state index in [0.29, 0.717) is 6.61 Å². The second kappa shape index (κ2) is 13.5. The summed E-state index contributed by atoms with van der Waals surface area (Å²) in [6.45, 7) is 2.16. The van der Waals surface area contributed by atoms with Crippen LogP contribution in [0.15, 0.2) is 54.9 Å². The molecule has 2 aromatic carbocycles. The molecule has 1 aliphatic rings. The zero-order chi connectivity index (χ0) is 31.9. The van der Waals surface area contributed by atoms with E-state index in [1.54, 1.807) is 0 Å². The summed E-state index contributed by atoms with van der Waals surface area (Å²) in [6, 6.07) is 14.1. The van der Waals surface area contributed by atoms with Gasteiger partial charge in [-0.15, -0.1) is 0 Å². The molecule has 0 saturated heterocycles. The smallest absolute Gasteiger partial charge is 0.485 e. The highest BCUT2D eigenvalue weighted by Crippen LogP contribution is 2.37. The van der Waals surface area contributed by atoms with Crippen LogP contribution in [0.3, 0.4) is 0 Å². The van der Waals surface area contributed by atoms with Crippen LogP contribution in [0.2, 0.25) is 0 Å². The van der Waals surface area contributed by atoms with E-state index in [1.807, 2.05) is 36.7 Å². The Labute approximate surface area is 239 Å². The van der Waals surface area contributed by atoms with Crippen LogP contribution in [0.4, 0.5) is 26.3 Å². The molecular weight excluding hydrogens is 592 g/mol. The van der Waals surface area contributed by atoms with Crippen molar-refractivity contribution in [1.29, 1.82) is 0 Å². The quantitative estimate of drug-likeness (QED) is 0.270. The van der Waals surface area contributed by atoms with Crippen molar-refractivity contribution in [3.8, 4) is 22.6 Å². The van der Waals surface area contributed by atoms with Gasteiger partial charge in [0.2, 0.25) is 0 Å². The number of alkyl halides is 6. The first-order chi connectivity index (χ1) is 20.1. The number of nitrogens with one attached hydrogen (secondary N) is 1. The Morgan fingerprint density at radius 1 is 1.00 bits per heavy atom. The number of fused-ring (bicyclic) bond motifs is 2. The fraction of sp³-hybridized carbons (Fsp3) is 0.308. The van der Waals surface area contributed by atoms with Crippen LogP contribution in [0, 0.1) is 0 Å². The van der Waals surface area contributed by atoms with Gasteiger partial charge in [0.25, 0.3) is 0 Å². The van der Waals surface area contributed by atoms with Crippen LogP contribution in [0.1, 0.15) is 11.9 Å². The minimum atomic E-state index is -5.08. The normalized spacial score (nSPS) is 14.4. The molecule has 1 aliphatic heterocycles. The molecule has 0 bridgehead atoms. The zero-order valence-corrected chi connectivity index (χ0v) is 22.5. The maximum absolute atomic E-state index is 10.6. The molecule has 0 radical (unpaired) electrons. The minimum absolute atomic E-state index is 0.253. The maximum Gasteiger partial charge on any atom is 0.490 e. The van der Waals surface area contributed by atoms with Gasteiger partial charge >= 0.3 is 24.3 Å². The summed E-state index contributed by atoms with van der Waals surface area (Å²) >= 11 is 0. The Morgan fingerprint density at radius 2 is 1.60 bits per heavy atom. The first kappa shape index (κ1) is 32.7. The Morgan fingerprint density at radius 3 is 2.14 bits per heavy atom. The SMILES string of the molecule is CN(C)CCn1c([C@@H]2COc3ccccc3O2)nc2ccc(-c3cn[nH]c3)cc21.O=C(O)C(F)(F)F.O=C(O)C(F)(F)F. The van der Waals surface area contributed by atoms with Gasteiger partial charge in [0.1, 0.15) is 6.61 Å². The van der Waals surface area contributed by atoms with Gasteiger partial charge in [-0.3, -0.25) is 5.10 Å². The number of H-pyrrole nitrogens is 1. The zero-order valence-electron chi connectivity index (χ0n) is 22.5. The molecule has 0 aliphatic carbocycles. The third-order valence-corrected chi connectivity index (χ3v) is 5.66. The van der Waals surface area contributed by atoms with Crippen molar-refractivity contribution in [3.05, 3.63) is 60.7 Å². The summed E-state index contributed by atoms with van der Waals surface area (Å²) in [6.07, 6.45) is -6.69. The van der Waals surface area contributed by atoms with Crippen LogP contribution < -0.4 is 9.47 Å². The number of carboxylic acids is 2. The number of carboxylic acid groups (broad SMARTS) is 2. The van der Waals surface area contributed by atoms with Crippen LogP contribution in [0.25, 0.3) is 22.2 Å². The number of nitrogens with zero attached hydrogens (tertiary/aromatic N) is 4. The van der Waals surface area contributed by atoms with Gasteiger partial charge in [-0.25, -0.2) is 14.6 Å². The van der Waals surface area contributed by atoms with Gasteiger partial charge in [-0.2, -0.15) is 31.4 Å².